The van der Waals surface area contributed by atoms with Gasteiger partial charge >= 0.3 is 6.03 Å². The van der Waals surface area contributed by atoms with Gasteiger partial charge in [-0.3, -0.25) is 0 Å². The lowest BCUT2D eigenvalue weighted by atomic mass is 10.1. The summed E-state index contributed by atoms with van der Waals surface area (Å²) in [7, 11) is 3.20. The Morgan fingerprint density at radius 2 is 2.04 bits per heavy atom. The first kappa shape index (κ1) is 17.4. The average Bonchev–Trinajstić information content (AvgIpc) is 2.93. The molecule has 0 unspecified atom stereocenters. The molecule has 0 radical (unpaired) electrons. The second-order valence-corrected chi connectivity index (χ2v) is 5.82. The summed E-state index contributed by atoms with van der Waals surface area (Å²) in [6.07, 6.45) is 3.39. The van der Waals surface area contributed by atoms with E-state index in [1.165, 1.54) is 12.8 Å². The molecule has 2 atom stereocenters. The Morgan fingerprint density at radius 1 is 1.22 bits per heavy atom. The molecule has 0 heterocycles. The minimum absolute atomic E-state index is 0.184. The molecule has 1 aliphatic rings. The van der Waals surface area contributed by atoms with E-state index in [2.05, 4.69) is 17.6 Å². The zero-order valence-electron chi connectivity index (χ0n) is 14.1. The molecule has 1 aromatic carbocycles. The highest BCUT2D eigenvalue weighted by Gasteiger charge is 2.24. The molecule has 1 aromatic rings. The molecule has 0 bridgehead atoms. The first-order valence-electron chi connectivity index (χ1n) is 8.01. The number of carbonyl (C=O) groups is 1. The molecular weight excluding hydrogens is 296 g/mol. The van der Waals surface area contributed by atoms with Crippen molar-refractivity contribution in [2.75, 3.05) is 32.8 Å². The van der Waals surface area contributed by atoms with Crippen molar-refractivity contribution in [2.24, 2.45) is 5.92 Å². The quantitative estimate of drug-likeness (QED) is 0.757. The van der Waals surface area contributed by atoms with Crippen LogP contribution in [0, 0.1) is 5.92 Å². The van der Waals surface area contributed by atoms with Crippen molar-refractivity contribution in [1.82, 2.24) is 5.32 Å². The molecule has 6 nitrogen and oxygen atoms in total. The van der Waals surface area contributed by atoms with E-state index in [0.717, 1.165) is 6.42 Å². The molecule has 0 aromatic heterocycles. The van der Waals surface area contributed by atoms with Crippen LogP contribution < -0.4 is 20.1 Å². The van der Waals surface area contributed by atoms with Crippen molar-refractivity contribution >= 4 is 11.7 Å². The van der Waals surface area contributed by atoms with Crippen LogP contribution in [0.15, 0.2) is 18.2 Å². The number of hydrogen-bond acceptors (Lipinski definition) is 4. The van der Waals surface area contributed by atoms with E-state index in [4.69, 9.17) is 14.2 Å². The number of benzene rings is 1. The van der Waals surface area contributed by atoms with Gasteiger partial charge in [0, 0.05) is 24.9 Å². The maximum absolute atomic E-state index is 12.1. The maximum atomic E-state index is 12.1. The summed E-state index contributed by atoms with van der Waals surface area (Å²) in [4.78, 5) is 12.1. The van der Waals surface area contributed by atoms with E-state index in [1.54, 1.807) is 32.4 Å². The van der Waals surface area contributed by atoms with Gasteiger partial charge in [0.2, 0.25) is 0 Å². The Hall–Kier alpha value is -1.95. The first-order valence-corrected chi connectivity index (χ1v) is 8.01. The summed E-state index contributed by atoms with van der Waals surface area (Å²) in [5.74, 6) is 1.73. The molecule has 0 spiro atoms. The number of methoxy groups -OCH3 is 2. The molecule has 1 saturated carbocycles. The summed E-state index contributed by atoms with van der Waals surface area (Å²) < 4.78 is 15.9. The van der Waals surface area contributed by atoms with Gasteiger partial charge in [-0.2, -0.15) is 0 Å². The van der Waals surface area contributed by atoms with Crippen molar-refractivity contribution in [1.29, 1.82) is 0 Å². The minimum atomic E-state index is -0.184. The van der Waals surface area contributed by atoms with E-state index in [-0.39, 0.29) is 12.1 Å². The fourth-order valence-corrected chi connectivity index (χ4v) is 2.80. The Kier molecular flexibility index (Phi) is 6.52. The predicted molar refractivity (Wildman–Crippen MR) is 89.3 cm³/mol. The topological polar surface area (TPSA) is 68.8 Å². The molecule has 23 heavy (non-hydrogen) atoms. The van der Waals surface area contributed by atoms with Crippen LogP contribution >= 0.6 is 0 Å². The molecule has 6 heteroatoms. The number of nitrogens with one attached hydrogen (secondary N) is 2. The van der Waals surface area contributed by atoms with Crippen LogP contribution in [0.25, 0.3) is 0 Å². The third-order valence-electron chi connectivity index (χ3n) is 4.14. The van der Waals surface area contributed by atoms with Gasteiger partial charge in [-0.25, -0.2) is 4.79 Å². The van der Waals surface area contributed by atoms with Crippen molar-refractivity contribution in [3.05, 3.63) is 18.2 Å². The van der Waals surface area contributed by atoms with Gasteiger partial charge in [0.05, 0.1) is 13.7 Å². The van der Waals surface area contributed by atoms with E-state index in [9.17, 15) is 4.79 Å². The smallest absolute Gasteiger partial charge is 0.319 e. The lowest BCUT2D eigenvalue weighted by molar-refractivity contribution is 0.144. The van der Waals surface area contributed by atoms with Crippen LogP contribution in [0.5, 0.6) is 11.5 Å². The summed E-state index contributed by atoms with van der Waals surface area (Å²) >= 11 is 0. The number of anilines is 1. The molecule has 2 N–H and O–H groups in total. The van der Waals surface area contributed by atoms with E-state index in [1.807, 2.05) is 0 Å². The fourth-order valence-electron chi connectivity index (χ4n) is 2.80. The minimum Gasteiger partial charge on any atom is -0.493 e. The van der Waals surface area contributed by atoms with Gasteiger partial charge in [0.25, 0.3) is 0 Å². The highest BCUT2D eigenvalue weighted by Crippen LogP contribution is 2.30. The lowest BCUT2D eigenvalue weighted by Crippen LogP contribution is -2.39. The van der Waals surface area contributed by atoms with E-state index < -0.39 is 0 Å². The normalized spacial score (nSPS) is 20.1. The van der Waals surface area contributed by atoms with Crippen LogP contribution in [0.2, 0.25) is 0 Å². The van der Waals surface area contributed by atoms with Crippen molar-refractivity contribution in [2.45, 2.75) is 32.2 Å². The van der Waals surface area contributed by atoms with Crippen molar-refractivity contribution in [3.8, 4) is 11.5 Å². The van der Waals surface area contributed by atoms with E-state index in [0.29, 0.717) is 36.3 Å². The van der Waals surface area contributed by atoms with Gasteiger partial charge in [-0.15, -0.1) is 0 Å². The van der Waals surface area contributed by atoms with Crippen molar-refractivity contribution < 1.29 is 19.0 Å². The zero-order chi connectivity index (χ0) is 16.7. The molecule has 2 rings (SSSR count). The third kappa shape index (κ3) is 5.03. The second-order valence-electron chi connectivity index (χ2n) is 5.82. The number of ether oxygens (including phenoxy) is 3. The number of hydrogen-bond donors (Lipinski definition) is 2. The highest BCUT2D eigenvalue weighted by molar-refractivity contribution is 5.89. The molecule has 0 aliphatic heterocycles. The van der Waals surface area contributed by atoms with Gasteiger partial charge in [0.15, 0.2) is 11.5 Å². The second kappa shape index (κ2) is 8.62. The van der Waals surface area contributed by atoms with Crippen molar-refractivity contribution in [3.63, 3.8) is 0 Å². The fraction of sp³-hybridized carbons (Fsp3) is 0.588. The Morgan fingerprint density at radius 3 is 2.70 bits per heavy atom. The monoisotopic (exact) mass is 322 g/mol. The first-order chi connectivity index (χ1) is 11.1. The molecule has 2 amide bonds. The summed E-state index contributed by atoms with van der Waals surface area (Å²) in [6.45, 7) is 3.08. The summed E-state index contributed by atoms with van der Waals surface area (Å²) in [6, 6.07) is 5.39. The number of carbonyl (C=O) groups excluding carboxylic acids is 1. The van der Waals surface area contributed by atoms with Gasteiger partial charge in [-0.05, 0) is 30.9 Å². The molecule has 128 valence electrons. The van der Waals surface area contributed by atoms with Gasteiger partial charge in [-0.1, -0.05) is 13.3 Å². The molecule has 0 saturated heterocycles. The van der Waals surface area contributed by atoms with Crippen LogP contribution in [-0.4, -0.2) is 39.5 Å². The van der Waals surface area contributed by atoms with Crippen LogP contribution in [0.4, 0.5) is 10.5 Å². The van der Waals surface area contributed by atoms with Gasteiger partial charge in [0.1, 0.15) is 6.61 Å². The number of urea groups is 1. The molecule has 1 fully saturated rings. The van der Waals surface area contributed by atoms with Crippen LogP contribution in [0.1, 0.15) is 26.2 Å². The number of rotatable bonds is 7. The van der Waals surface area contributed by atoms with Crippen LogP contribution in [-0.2, 0) is 4.74 Å². The molecular formula is C17H26N2O4. The maximum Gasteiger partial charge on any atom is 0.319 e. The number of amides is 2. The largest absolute Gasteiger partial charge is 0.493 e. The molecule has 1 aliphatic carbocycles. The summed E-state index contributed by atoms with van der Waals surface area (Å²) in [5.41, 5.74) is 0.668. The van der Waals surface area contributed by atoms with Gasteiger partial charge < -0.3 is 24.8 Å². The zero-order valence-corrected chi connectivity index (χ0v) is 14.1. The Balaban J connectivity index is 1.95. The summed E-state index contributed by atoms with van der Waals surface area (Å²) in [5, 5.41) is 5.89. The standard InChI is InChI=1S/C17H26N2O4/c1-12-5-4-6-14(12)19-17(20)18-13-7-8-15(22-3)16(11-13)23-10-9-21-2/h7-8,11-12,14H,4-6,9-10H2,1-3H3,(H2,18,19,20)/t12-,14+/m0/s1. The Bertz CT molecular complexity index is 521. The van der Waals surface area contributed by atoms with E-state index >= 15 is 0 Å². The van der Waals surface area contributed by atoms with Crippen LogP contribution in [0.3, 0.4) is 0 Å². The predicted octanol–water partition coefficient (Wildman–Crippen LogP) is 3.03. The Labute approximate surface area is 137 Å². The third-order valence-corrected chi connectivity index (χ3v) is 4.14. The lowest BCUT2D eigenvalue weighted by Gasteiger charge is -2.18. The SMILES string of the molecule is COCCOc1cc(NC(=O)N[C@@H]2CCC[C@@H]2C)ccc1OC. The highest BCUT2D eigenvalue weighted by atomic mass is 16.5. The average molecular weight is 322 g/mol.